The van der Waals surface area contributed by atoms with Gasteiger partial charge in [-0.05, 0) is 86.7 Å². The molecule has 1 heteroatoms. The van der Waals surface area contributed by atoms with Gasteiger partial charge in [-0.1, -0.05) is 64.1 Å². The van der Waals surface area contributed by atoms with Crippen LogP contribution in [0.25, 0.3) is 11.6 Å². The minimum Gasteiger partial charge on any atom is -0.0576 e. The molecule has 120 valence electrons. The quantitative estimate of drug-likeness (QED) is 0.373. The summed E-state index contributed by atoms with van der Waals surface area (Å²) in [5, 5.41) is 0. The highest BCUT2D eigenvalue weighted by Crippen LogP contribution is 2.49. The van der Waals surface area contributed by atoms with Gasteiger partial charge in [0.15, 0.2) is 0 Å². The van der Waals surface area contributed by atoms with Crippen molar-refractivity contribution < 1.29 is 0 Å². The standard InChI is InChI=1S/C22H25I/c1-15(12-16-6-9-18(23)10-7-16)17-8-11-19-20(13-17)22(4,5)14-21(19,2)3/h6-13H,14H2,1-5H3. The number of fused-ring (bicyclic) bond motifs is 1. The number of halogens is 1. The van der Waals surface area contributed by atoms with Crippen molar-refractivity contribution in [1.82, 2.24) is 0 Å². The van der Waals surface area contributed by atoms with Crippen LogP contribution in [-0.4, -0.2) is 0 Å². The van der Waals surface area contributed by atoms with Crippen molar-refractivity contribution in [2.45, 2.75) is 51.9 Å². The van der Waals surface area contributed by atoms with Gasteiger partial charge in [-0.2, -0.15) is 0 Å². The second-order valence-corrected chi connectivity index (χ2v) is 9.33. The molecule has 0 spiro atoms. The molecule has 0 aromatic heterocycles. The lowest BCUT2D eigenvalue weighted by Crippen LogP contribution is -2.17. The molecule has 0 bridgehead atoms. The average Bonchev–Trinajstić information content (AvgIpc) is 2.66. The topological polar surface area (TPSA) is 0 Å². The Balaban J connectivity index is 2.01. The number of benzene rings is 2. The summed E-state index contributed by atoms with van der Waals surface area (Å²) in [6.07, 6.45) is 3.50. The Labute approximate surface area is 154 Å². The Kier molecular flexibility index (Phi) is 4.20. The molecule has 3 rings (SSSR count). The number of rotatable bonds is 2. The molecule has 0 radical (unpaired) electrons. The Morgan fingerprint density at radius 3 is 2.17 bits per heavy atom. The molecule has 1 aliphatic rings. The minimum absolute atomic E-state index is 0.262. The maximum absolute atomic E-state index is 2.42. The van der Waals surface area contributed by atoms with E-state index in [2.05, 4.69) is 106 Å². The van der Waals surface area contributed by atoms with Crippen LogP contribution in [0.4, 0.5) is 0 Å². The molecule has 0 nitrogen and oxygen atoms in total. The van der Waals surface area contributed by atoms with Crippen LogP contribution in [0.1, 0.15) is 63.3 Å². The summed E-state index contributed by atoms with van der Waals surface area (Å²) in [7, 11) is 0. The molecule has 23 heavy (non-hydrogen) atoms. The Morgan fingerprint density at radius 1 is 0.913 bits per heavy atom. The smallest absolute Gasteiger partial charge is 0.0130 e. The van der Waals surface area contributed by atoms with Crippen LogP contribution in [0.3, 0.4) is 0 Å². The first-order chi connectivity index (χ1) is 10.7. The van der Waals surface area contributed by atoms with Gasteiger partial charge in [-0.3, -0.25) is 0 Å². The van der Waals surface area contributed by atoms with Crippen LogP contribution < -0.4 is 0 Å². The summed E-state index contributed by atoms with van der Waals surface area (Å²) < 4.78 is 1.28. The predicted octanol–water partition coefficient (Wildman–Crippen LogP) is 6.81. The number of hydrogen-bond donors (Lipinski definition) is 0. The lowest BCUT2D eigenvalue weighted by atomic mass is 9.82. The summed E-state index contributed by atoms with van der Waals surface area (Å²) in [6, 6.07) is 15.8. The molecule has 0 unspecified atom stereocenters. The van der Waals surface area contributed by atoms with Crippen LogP contribution in [-0.2, 0) is 10.8 Å². The summed E-state index contributed by atoms with van der Waals surface area (Å²) in [4.78, 5) is 0. The Hall–Kier alpha value is -1.09. The average molecular weight is 416 g/mol. The number of allylic oxidation sites excluding steroid dienone is 1. The Morgan fingerprint density at radius 2 is 1.52 bits per heavy atom. The molecule has 0 amide bonds. The van der Waals surface area contributed by atoms with Crippen molar-refractivity contribution in [1.29, 1.82) is 0 Å². The maximum atomic E-state index is 2.42. The Bertz CT molecular complexity index is 761. The maximum Gasteiger partial charge on any atom is 0.0130 e. The van der Waals surface area contributed by atoms with E-state index in [1.165, 1.54) is 37.8 Å². The summed E-state index contributed by atoms with van der Waals surface area (Å²) in [5.41, 5.74) is 7.53. The molecule has 0 atom stereocenters. The largest absolute Gasteiger partial charge is 0.0576 e. The van der Waals surface area contributed by atoms with Crippen molar-refractivity contribution in [2.75, 3.05) is 0 Å². The normalized spacial score (nSPS) is 18.8. The van der Waals surface area contributed by atoms with Crippen molar-refractivity contribution in [3.63, 3.8) is 0 Å². The molecular formula is C22H25I. The first kappa shape index (κ1) is 16.8. The highest BCUT2D eigenvalue weighted by Gasteiger charge is 2.41. The fraction of sp³-hybridized carbons (Fsp3) is 0.364. The van der Waals surface area contributed by atoms with E-state index < -0.39 is 0 Å². The van der Waals surface area contributed by atoms with E-state index in [-0.39, 0.29) is 10.8 Å². The van der Waals surface area contributed by atoms with Gasteiger partial charge in [0.25, 0.3) is 0 Å². The molecule has 2 aromatic carbocycles. The molecule has 0 saturated carbocycles. The van der Waals surface area contributed by atoms with Gasteiger partial charge in [0.05, 0.1) is 0 Å². The second-order valence-electron chi connectivity index (χ2n) is 8.08. The van der Waals surface area contributed by atoms with Gasteiger partial charge >= 0.3 is 0 Å². The summed E-state index contributed by atoms with van der Waals surface area (Å²) >= 11 is 2.35. The molecule has 0 fully saturated rings. The van der Waals surface area contributed by atoms with Crippen molar-refractivity contribution in [3.8, 4) is 0 Å². The highest BCUT2D eigenvalue weighted by atomic mass is 127. The lowest BCUT2D eigenvalue weighted by molar-refractivity contribution is 0.403. The lowest BCUT2D eigenvalue weighted by Gasteiger charge is -2.22. The van der Waals surface area contributed by atoms with Crippen molar-refractivity contribution in [2.24, 2.45) is 0 Å². The zero-order chi connectivity index (χ0) is 16.8. The van der Waals surface area contributed by atoms with Gasteiger partial charge < -0.3 is 0 Å². The van der Waals surface area contributed by atoms with E-state index in [9.17, 15) is 0 Å². The molecule has 0 saturated heterocycles. The third kappa shape index (κ3) is 3.26. The number of hydrogen-bond acceptors (Lipinski definition) is 0. The zero-order valence-corrected chi connectivity index (χ0v) is 16.9. The molecule has 0 aliphatic heterocycles. The third-order valence-corrected chi connectivity index (χ3v) is 5.79. The highest BCUT2D eigenvalue weighted by molar-refractivity contribution is 14.1. The van der Waals surface area contributed by atoms with Gasteiger partial charge in [-0.15, -0.1) is 0 Å². The summed E-state index contributed by atoms with van der Waals surface area (Å²) in [5.74, 6) is 0. The van der Waals surface area contributed by atoms with Crippen LogP contribution in [0.5, 0.6) is 0 Å². The monoisotopic (exact) mass is 416 g/mol. The third-order valence-electron chi connectivity index (χ3n) is 5.07. The van der Waals surface area contributed by atoms with E-state index in [0.29, 0.717) is 0 Å². The van der Waals surface area contributed by atoms with Crippen LogP contribution in [0.15, 0.2) is 42.5 Å². The fourth-order valence-corrected chi connectivity index (χ4v) is 4.49. The van der Waals surface area contributed by atoms with Crippen molar-refractivity contribution in [3.05, 3.63) is 68.3 Å². The van der Waals surface area contributed by atoms with Gasteiger partial charge in [0.2, 0.25) is 0 Å². The van der Waals surface area contributed by atoms with Gasteiger partial charge in [-0.25, -0.2) is 0 Å². The van der Waals surface area contributed by atoms with Crippen LogP contribution >= 0.6 is 22.6 Å². The van der Waals surface area contributed by atoms with E-state index in [1.807, 2.05) is 0 Å². The molecule has 0 heterocycles. The van der Waals surface area contributed by atoms with E-state index >= 15 is 0 Å². The SMILES string of the molecule is CC(=Cc1ccc(I)cc1)c1ccc2c(c1)C(C)(C)CC2(C)C. The molecule has 2 aromatic rings. The van der Waals surface area contributed by atoms with Crippen LogP contribution in [0, 0.1) is 3.57 Å². The molecule has 1 aliphatic carbocycles. The minimum atomic E-state index is 0.262. The van der Waals surface area contributed by atoms with E-state index in [0.717, 1.165) is 0 Å². The zero-order valence-electron chi connectivity index (χ0n) is 14.7. The van der Waals surface area contributed by atoms with Gasteiger partial charge in [0, 0.05) is 3.57 Å². The first-order valence-electron chi connectivity index (χ1n) is 8.28. The predicted molar refractivity (Wildman–Crippen MR) is 110 cm³/mol. The summed E-state index contributed by atoms with van der Waals surface area (Å²) in [6.45, 7) is 11.7. The second kappa shape index (κ2) is 5.77. The van der Waals surface area contributed by atoms with E-state index in [4.69, 9.17) is 0 Å². The van der Waals surface area contributed by atoms with Crippen LogP contribution in [0.2, 0.25) is 0 Å². The fourth-order valence-electron chi connectivity index (χ4n) is 4.13. The first-order valence-corrected chi connectivity index (χ1v) is 9.36. The van der Waals surface area contributed by atoms with E-state index in [1.54, 1.807) is 0 Å². The molecular weight excluding hydrogens is 391 g/mol. The molecule has 0 N–H and O–H groups in total. The van der Waals surface area contributed by atoms with Gasteiger partial charge in [0.1, 0.15) is 0 Å². The van der Waals surface area contributed by atoms with Crippen molar-refractivity contribution >= 4 is 34.2 Å².